The van der Waals surface area contributed by atoms with E-state index in [4.69, 9.17) is 23.7 Å². The average molecular weight is 748 g/mol. The van der Waals surface area contributed by atoms with Gasteiger partial charge in [0.2, 0.25) is 11.4 Å². The number of nitriles is 4. The van der Waals surface area contributed by atoms with Gasteiger partial charge in [0.1, 0.15) is 23.7 Å². The van der Waals surface area contributed by atoms with Gasteiger partial charge in [-0.15, -0.1) is 0 Å². The number of rotatable bonds is 10. The molecule has 0 saturated heterocycles. The summed E-state index contributed by atoms with van der Waals surface area (Å²) < 4.78 is 166. The number of hydrogen-bond acceptors (Lipinski definition) is 8. The summed E-state index contributed by atoms with van der Waals surface area (Å²) >= 11 is 0. The van der Waals surface area contributed by atoms with Crippen LogP contribution in [0.5, 0.6) is 0 Å². The number of carbonyl (C=O) groups is 2. The van der Waals surface area contributed by atoms with Crippen LogP contribution in [0.25, 0.3) is 9.69 Å². The fourth-order valence-electron chi connectivity index (χ4n) is 5.18. The van der Waals surface area contributed by atoms with Gasteiger partial charge in [0.25, 0.3) is 0 Å². The largest absolute Gasteiger partial charge is 0.415 e. The summed E-state index contributed by atoms with van der Waals surface area (Å²) in [6.45, 7) is 15.5. The van der Waals surface area contributed by atoms with Gasteiger partial charge in [-0.3, -0.25) is 9.59 Å². The Hall–Kier alpha value is -6.00. The first-order valence-corrected chi connectivity index (χ1v) is 13.8. The number of Topliss-reactive ketones (excluding diaryl/α,β-unsaturated/α-hetero) is 2. The molecule has 2 aliphatic rings. The first-order valence-electron chi connectivity index (χ1n) is 13.8. The Morgan fingerprint density at radius 3 is 1.08 bits per heavy atom. The van der Waals surface area contributed by atoms with Crippen LogP contribution in [0.4, 0.5) is 52.7 Å². The highest BCUT2D eigenvalue weighted by molar-refractivity contribution is 5.92. The van der Waals surface area contributed by atoms with Crippen molar-refractivity contribution >= 4 is 11.6 Å². The van der Waals surface area contributed by atoms with Crippen molar-refractivity contribution in [2.24, 2.45) is 22.1 Å². The van der Waals surface area contributed by atoms with Crippen molar-refractivity contribution in [3.8, 4) is 24.3 Å². The molecule has 0 saturated carbocycles. The Morgan fingerprint density at radius 2 is 0.865 bits per heavy atom. The molecule has 0 aromatic heterocycles. The van der Waals surface area contributed by atoms with Gasteiger partial charge in [-0.25, -0.2) is 9.69 Å². The molecule has 2 unspecified atom stereocenters. The van der Waals surface area contributed by atoms with E-state index in [1.54, 1.807) is 0 Å². The number of ketones is 2. The number of nitrogens with zero attached hydrogens (tertiary/aromatic N) is 8. The van der Waals surface area contributed by atoms with E-state index in [9.17, 15) is 72.8 Å². The van der Waals surface area contributed by atoms with Crippen molar-refractivity contribution < 1.29 is 62.3 Å². The maximum absolute atomic E-state index is 13.8. The third-order valence-corrected chi connectivity index (χ3v) is 7.68. The van der Waals surface area contributed by atoms with Crippen molar-refractivity contribution in [1.82, 2.24) is 0 Å². The molecule has 0 N–H and O–H groups in total. The third-order valence-electron chi connectivity index (χ3n) is 7.68. The standard InChI is InChI=1S/C30H16F12N8O2/c1-25(11-45,7-5-15(51)17-19(27(31,32)33)13(9-43)14(10-44)20(17)28(34,35)36)49-50-26(2,12-46)8-6-16(52)18-21(29(37,38)39)23(47-3)24(48-4)22(18)30(40,41)42/h17-18H,5-8H2,1-2H3/b50-49+. The van der Waals surface area contributed by atoms with Gasteiger partial charge in [-0.1, -0.05) is 0 Å². The molecule has 0 bridgehead atoms. The normalized spacial score (nSPS) is 18.7. The fourth-order valence-corrected chi connectivity index (χ4v) is 5.18. The van der Waals surface area contributed by atoms with Crippen LogP contribution in [0.15, 0.2) is 55.1 Å². The second kappa shape index (κ2) is 14.3. The maximum Gasteiger partial charge on any atom is 0.415 e. The molecule has 52 heavy (non-hydrogen) atoms. The lowest BCUT2D eigenvalue weighted by Gasteiger charge is -2.25. The number of carbonyl (C=O) groups excluding carboxylic acids is 2. The minimum absolute atomic E-state index is 0.834. The van der Waals surface area contributed by atoms with Gasteiger partial charge >= 0.3 is 24.7 Å². The van der Waals surface area contributed by atoms with Gasteiger partial charge in [0.05, 0.1) is 59.4 Å². The Kier molecular flexibility index (Phi) is 11.6. The van der Waals surface area contributed by atoms with Crippen LogP contribution in [0.1, 0.15) is 39.5 Å². The van der Waals surface area contributed by atoms with E-state index in [0.717, 1.165) is 26.0 Å². The van der Waals surface area contributed by atoms with Gasteiger partial charge in [0, 0.05) is 24.0 Å². The van der Waals surface area contributed by atoms with Crippen molar-refractivity contribution in [3.63, 3.8) is 0 Å². The first-order chi connectivity index (χ1) is 23.6. The fraction of sp³-hybridized carbons (Fsp3) is 0.467. The molecule has 0 spiro atoms. The number of azo groups is 1. The highest BCUT2D eigenvalue weighted by Gasteiger charge is 2.58. The van der Waals surface area contributed by atoms with E-state index in [1.807, 2.05) is 0 Å². The van der Waals surface area contributed by atoms with Crippen LogP contribution in [0.3, 0.4) is 0 Å². The maximum atomic E-state index is 13.8. The van der Waals surface area contributed by atoms with Crippen molar-refractivity contribution in [2.45, 2.75) is 75.3 Å². The van der Waals surface area contributed by atoms with Crippen LogP contribution in [-0.2, 0) is 9.59 Å². The zero-order valence-corrected chi connectivity index (χ0v) is 25.9. The molecular formula is C30H16F12N8O2. The molecule has 0 amide bonds. The van der Waals surface area contributed by atoms with Gasteiger partial charge in [-0.2, -0.15) is 84.0 Å². The minimum Gasteiger partial charge on any atom is -0.299 e. The Labute approximate surface area is 284 Å². The third kappa shape index (κ3) is 8.30. The zero-order chi connectivity index (χ0) is 40.4. The summed E-state index contributed by atoms with van der Waals surface area (Å²) in [5.74, 6) is -10.1. The molecule has 2 aliphatic carbocycles. The molecule has 272 valence electrons. The SMILES string of the molecule is [C-]#[N+]C1=C(C(F)(F)F)C(C(=O)CCC(C)(C#N)/N=N/C(C)(C#N)CCC(=O)C2C(C(F)(F)F)=C(C#N)C(C#N)=C2C(F)(F)F)C(C(F)(F)F)=C1[N+]#[C-]. The number of allylic oxidation sites excluding steroid dienone is 6. The number of alkyl halides is 12. The molecule has 10 nitrogen and oxygen atoms in total. The van der Waals surface area contributed by atoms with Crippen LogP contribution in [0, 0.1) is 70.3 Å². The first kappa shape index (κ1) is 42.2. The molecule has 22 heteroatoms. The lowest BCUT2D eigenvalue weighted by molar-refractivity contribution is -0.134. The van der Waals surface area contributed by atoms with E-state index in [1.165, 1.54) is 12.1 Å². The van der Waals surface area contributed by atoms with E-state index < -0.39 is 130 Å². The predicted octanol–water partition coefficient (Wildman–Crippen LogP) is 8.20. The summed E-state index contributed by atoms with van der Waals surface area (Å²) in [6, 6.07) is 4.58. The average Bonchev–Trinajstić information content (AvgIpc) is 3.59. The summed E-state index contributed by atoms with van der Waals surface area (Å²) in [4.78, 5) is 30.6. The monoisotopic (exact) mass is 748 g/mol. The van der Waals surface area contributed by atoms with Crippen LogP contribution >= 0.6 is 0 Å². The minimum atomic E-state index is -5.72. The zero-order valence-electron chi connectivity index (χ0n) is 25.9. The summed E-state index contributed by atoms with van der Waals surface area (Å²) in [5.41, 5.74) is -20.8. The highest BCUT2D eigenvalue weighted by atomic mass is 19.4. The van der Waals surface area contributed by atoms with Crippen LogP contribution in [-0.4, -0.2) is 47.3 Å². The Balaban J connectivity index is 2.44. The predicted molar refractivity (Wildman–Crippen MR) is 145 cm³/mol. The molecular weight excluding hydrogens is 732 g/mol. The molecule has 0 heterocycles. The van der Waals surface area contributed by atoms with E-state index in [2.05, 4.69) is 19.9 Å². The molecule has 0 aromatic carbocycles. The van der Waals surface area contributed by atoms with Gasteiger partial charge < -0.3 is 0 Å². The van der Waals surface area contributed by atoms with Crippen LogP contribution < -0.4 is 0 Å². The van der Waals surface area contributed by atoms with E-state index >= 15 is 0 Å². The van der Waals surface area contributed by atoms with E-state index in [-0.39, 0.29) is 0 Å². The second-order valence-corrected chi connectivity index (χ2v) is 11.3. The molecule has 0 aromatic rings. The summed E-state index contributed by atoms with van der Waals surface area (Å²) in [5, 5.41) is 44.5. The van der Waals surface area contributed by atoms with Gasteiger partial charge in [0.15, 0.2) is 11.1 Å². The Morgan fingerprint density at radius 1 is 0.596 bits per heavy atom. The topological polar surface area (TPSA) is 163 Å². The van der Waals surface area contributed by atoms with E-state index in [0.29, 0.717) is 0 Å². The second-order valence-electron chi connectivity index (χ2n) is 11.3. The Bertz CT molecular complexity index is 1750. The quantitative estimate of drug-likeness (QED) is 0.124. The lowest BCUT2D eigenvalue weighted by Crippen LogP contribution is -2.33. The number of halogens is 12. The molecule has 2 atom stereocenters. The molecule has 2 rings (SSSR count). The molecule has 0 radical (unpaired) electrons. The van der Waals surface area contributed by atoms with Crippen molar-refractivity contribution in [3.05, 3.63) is 67.7 Å². The highest BCUT2D eigenvalue weighted by Crippen LogP contribution is 2.53. The van der Waals surface area contributed by atoms with Crippen molar-refractivity contribution in [2.75, 3.05) is 0 Å². The summed E-state index contributed by atoms with van der Waals surface area (Å²) in [6.07, 6.45) is -27.5. The smallest absolute Gasteiger partial charge is 0.299 e. The van der Waals surface area contributed by atoms with Gasteiger partial charge in [-0.05, 0) is 26.7 Å². The summed E-state index contributed by atoms with van der Waals surface area (Å²) in [7, 11) is 0. The van der Waals surface area contributed by atoms with Crippen LogP contribution in [0.2, 0.25) is 0 Å². The number of hydrogen-bond donors (Lipinski definition) is 0. The molecule has 0 aliphatic heterocycles. The lowest BCUT2D eigenvalue weighted by atomic mass is 9.85. The molecule has 0 fully saturated rings. The van der Waals surface area contributed by atoms with Crippen molar-refractivity contribution in [1.29, 1.82) is 21.0 Å².